The molecule has 0 aromatic rings. The molecule has 0 amide bonds. The summed E-state index contributed by atoms with van der Waals surface area (Å²) in [5.74, 6) is -0.934. The standard InChI is InChI=1S/C51H92O15/c1-3-5-7-9-11-13-15-17-19-21-23-25-27-29-31-33-42(53)61-36-39(64-43(54)34-32-30-28-26-24-22-20-18-16-14-12-10-8-6-4-2)37-62-50-49(60)47(58)45(56)41(66-50)38-63-51-48(59)46(57)44(55)40(35-52)65-51/h11,13,17,19,39-41,44-52,55-60H,3-10,12,14-16,18,20-38H2,1-2H3. The predicted octanol–water partition coefficient (Wildman–Crippen LogP) is 7.16. The van der Waals surface area contributed by atoms with Crippen molar-refractivity contribution in [3.8, 4) is 0 Å². The van der Waals surface area contributed by atoms with E-state index in [0.717, 1.165) is 64.2 Å². The lowest BCUT2D eigenvalue weighted by Crippen LogP contribution is -2.61. The topological polar surface area (TPSA) is 231 Å². The van der Waals surface area contributed by atoms with Crippen LogP contribution in [0.2, 0.25) is 0 Å². The second-order valence-corrected chi connectivity index (χ2v) is 18.4. The van der Waals surface area contributed by atoms with Crippen LogP contribution in [0, 0.1) is 0 Å². The Hall–Kier alpha value is -2.02. The van der Waals surface area contributed by atoms with Crippen molar-refractivity contribution >= 4 is 11.9 Å². The van der Waals surface area contributed by atoms with Crippen molar-refractivity contribution in [3.63, 3.8) is 0 Å². The van der Waals surface area contributed by atoms with Crippen LogP contribution in [0.15, 0.2) is 24.3 Å². The maximum Gasteiger partial charge on any atom is 0.306 e. The molecule has 0 bridgehead atoms. The van der Waals surface area contributed by atoms with Crippen LogP contribution in [0.5, 0.6) is 0 Å². The molecule has 15 nitrogen and oxygen atoms in total. The minimum Gasteiger partial charge on any atom is -0.462 e. The van der Waals surface area contributed by atoms with Crippen LogP contribution in [0.1, 0.15) is 194 Å². The Bertz CT molecular complexity index is 1250. The SMILES string of the molecule is CCCCCC=CCC=CCCCCCCCC(=O)OCC(COC1OC(COC2OC(CO)C(O)C(O)C2O)C(O)C(O)C1O)OC(=O)CCCCCCCCCCCCCCCCC. The molecule has 0 radical (unpaired) electrons. The summed E-state index contributed by atoms with van der Waals surface area (Å²) in [7, 11) is 0. The van der Waals surface area contributed by atoms with Gasteiger partial charge in [0.2, 0.25) is 0 Å². The van der Waals surface area contributed by atoms with Gasteiger partial charge in [0.15, 0.2) is 18.7 Å². The number of aliphatic hydroxyl groups is 7. The van der Waals surface area contributed by atoms with E-state index in [1.165, 1.54) is 89.9 Å². The molecule has 2 heterocycles. The number of rotatable bonds is 40. The van der Waals surface area contributed by atoms with Crippen molar-refractivity contribution in [2.24, 2.45) is 0 Å². The first kappa shape index (κ1) is 60.1. The Morgan fingerprint density at radius 2 is 0.909 bits per heavy atom. The Morgan fingerprint density at radius 3 is 1.44 bits per heavy atom. The molecule has 66 heavy (non-hydrogen) atoms. The fraction of sp³-hybridized carbons (Fsp3) is 0.882. The molecule has 11 atom stereocenters. The first-order valence-electron chi connectivity index (χ1n) is 25.9. The van der Waals surface area contributed by atoms with Crippen LogP contribution in [-0.2, 0) is 38.0 Å². The molecule has 7 N–H and O–H groups in total. The van der Waals surface area contributed by atoms with Gasteiger partial charge >= 0.3 is 11.9 Å². The van der Waals surface area contributed by atoms with Crippen molar-refractivity contribution in [3.05, 3.63) is 24.3 Å². The van der Waals surface area contributed by atoms with Crippen LogP contribution >= 0.6 is 0 Å². The molecule has 2 aliphatic rings. The number of esters is 2. The average Bonchev–Trinajstić information content (AvgIpc) is 3.31. The smallest absolute Gasteiger partial charge is 0.306 e. The number of allylic oxidation sites excluding steroid dienone is 4. The van der Waals surface area contributed by atoms with Gasteiger partial charge in [-0.2, -0.15) is 0 Å². The van der Waals surface area contributed by atoms with Gasteiger partial charge in [0.1, 0.15) is 55.4 Å². The molecule has 386 valence electrons. The number of aliphatic hydroxyl groups excluding tert-OH is 7. The average molecular weight is 945 g/mol. The third-order valence-electron chi connectivity index (χ3n) is 12.4. The summed E-state index contributed by atoms with van der Waals surface area (Å²) in [6, 6.07) is 0. The zero-order valence-electron chi connectivity index (χ0n) is 40.7. The first-order chi connectivity index (χ1) is 32.0. The minimum atomic E-state index is -1.76. The minimum absolute atomic E-state index is 0.166. The monoisotopic (exact) mass is 945 g/mol. The Kier molecular flexibility index (Phi) is 35.3. The molecule has 11 unspecified atom stereocenters. The summed E-state index contributed by atoms with van der Waals surface area (Å²) in [6.45, 7) is 2.56. The summed E-state index contributed by atoms with van der Waals surface area (Å²) in [4.78, 5) is 25.7. The van der Waals surface area contributed by atoms with E-state index in [1.807, 2.05) is 0 Å². The first-order valence-corrected chi connectivity index (χ1v) is 25.9. The van der Waals surface area contributed by atoms with Crippen LogP contribution in [0.4, 0.5) is 0 Å². The molecular weight excluding hydrogens is 853 g/mol. The molecular formula is C51H92O15. The van der Waals surface area contributed by atoms with E-state index >= 15 is 0 Å². The molecule has 2 saturated heterocycles. The molecule has 15 heteroatoms. The second-order valence-electron chi connectivity index (χ2n) is 18.4. The normalized spacial score (nSPS) is 26.3. The van der Waals surface area contributed by atoms with E-state index in [9.17, 15) is 45.3 Å². The lowest BCUT2D eigenvalue weighted by atomic mass is 9.98. The zero-order chi connectivity index (χ0) is 48.2. The summed E-state index contributed by atoms with van der Waals surface area (Å²) in [5.41, 5.74) is 0. The van der Waals surface area contributed by atoms with E-state index in [1.54, 1.807) is 0 Å². The maximum absolute atomic E-state index is 13.0. The van der Waals surface area contributed by atoms with Crippen molar-refractivity contribution in [1.29, 1.82) is 0 Å². The number of carbonyl (C=O) groups is 2. The lowest BCUT2D eigenvalue weighted by molar-refractivity contribution is -0.332. The van der Waals surface area contributed by atoms with Gasteiger partial charge in [0.25, 0.3) is 0 Å². The number of hydrogen-bond donors (Lipinski definition) is 7. The second kappa shape index (κ2) is 38.8. The fourth-order valence-electron chi connectivity index (χ4n) is 8.13. The van der Waals surface area contributed by atoms with Gasteiger partial charge < -0.3 is 64.2 Å². The highest BCUT2D eigenvalue weighted by atomic mass is 16.7. The summed E-state index contributed by atoms with van der Waals surface area (Å²) < 4.78 is 33.6. The van der Waals surface area contributed by atoms with Gasteiger partial charge in [-0.1, -0.05) is 160 Å². The highest BCUT2D eigenvalue weighted by Crippen LogP contribution is 2.26. The predicted molar refractivity (Wildman–Crippen MR) is 252 cm³/mol. The lowest BCUT2D eigenvalue weighted by Gasteiger charge is -2.42. The summed E-state index contributed by atoms with van der Waals surface area (Å²) >= 11 is 0. The number of unbranched alkanes of at least 4 members (excludes halogenated alkanes) is 22. The van der Waals surface area contributed by atoms with Gasteiger partial charge in [-0.05, 0) is 44.9 Å². The van der Waals surface area contributed by atoms with Crippen molar-refractivity contribution < 1.29 is 73.8 Å². The third-order valence-corrected chi connectivity index (χ3v) is 12.4. The highest BCUT2D eigenvalue weighted by molar-refractivity contribution is 5.70. The van der Waals surface area contributed by atoms with Crippen LogP contribution in [-0.4, -0.2) is 142 Å². The van der Waals surface area contributed by atoms with E-state index < -0.39 is 92.7 Å². The Labute approximate surface area is 396 Å². The van der Waals surface area contributed by atoms with Crippen molar-refractivity contribution in [2.75, 3.05) is 26.4 Å². The van der Waals surface area contributed by atoms with Gasteiger partial charge in [-0.25, -0.2) is 0 Å². The van der Waals surface area contributed by atoms with Crippen LogP contribution < -0.4 is 0 Å². The van der Waals surface area contributed by atoms with E-state index in [4.69, 9.17) is 28.4 Å². The molecule has 0 saturated carbocycles. The van der Waals surface area contributed by atoms with Gasteiger partial charge in [-0.15, -0.1) is 0 Å². The van der Waals surface area contributed by atoms with E-state index in [0.29, 0.717) is 12.8 Å². The Balaban J connectivity index is 1.81. The number of hydrogen-bond acceptors (Lipinski definition) is 15. The number of ether oxygens (including phenoxy) is 6. The Morgan fingerprint density at radius 1 is 0.485 bits per heavy atom. The quantitative estimate of drug-likeness (QED) is 0.0184. The summed E-state index contributed by atoms with van der Waals surface area (Å²) in [6.07, 6.45) is 22.0. The van der Waals surface area contributed by atoms with Gasteiger partial charge in [-0.3, -0.25) is 9.59 Å². The van der Waals surface area contributed by atoms with Crippen molar-refractivity contribution in [1.82, 2.24) is 0 Å². The largest absolute Gasteiger partial charge is 0.462 e. The van der Waals surface area contributed by atoms with Crippen molar-refractivity contribution in [2.45, 2.75) is 261 Å². The van der Waals surface area contributed by atoms with Crippen LogP contribution in [0.25, 0.3) is 0 Å². The van der Waals surface area contributed by atoms with Gasteiger partial charge in [0, 0.05) is 12.8 Å². The molecule has 2 aliphatic heterocycles. The van der Waals surface area contributed by atoms with Crippen LogP contribution in [0.3, 0.4) is 0 Å². The molecule has 2 rings (SSSR count). The molecule has 0 aromatic heterocycles. The molecule has 2 fully saturated rings. The number of carbonyl (C=O) groups excluding carboxylic acids is 2. The summed E-state index contributed by atoms with van der Waals surface area (Å²) in [5, 5.41) is 72.1. The highest BCUT2D eigenvalue weighted by Gasteiger charge is 2.47. The fourth-order valence-corrected chi connectivity index (χ4v) is 8.13. The third kappa shape index (κ3) is 26.7. The molecule has 0 aliphatic carbocycles. The molecule has 0 spiro atoms. The molecule has 0 aromatic carbocycles. The van der Waals surface area contributed by atoms with E-state index in [-0.39, 0.29) is 26.1 Å². The van der Waals surface area contributed by atoms with E-state index in [2.05, 4.69) is 38.2 Å². The van der Waals surface area contributed by atoms with Gasteiger partial charge in [0.05, 0.1) is 19.8 Å². The zero-order valence-corrected chi connectivity index (χ0v) is 40.7. The maximum atomic E-state index is 13.0.